The van der Waals surface area contributed by atoms with E-state index in [1.807, 2.05) is 30.4 Å². The van der Waals surface area contributed by atoms with Crippen LogP contribution in [0.1, 0.15) is 58.8 Å². The summed E-state index contributed by atoms with van der Waals surface area (Å²) in [6.45, 7) is 4.21. The average Bonchev–Trinajstić information content (AvgIpc) is 2.99. The zero-order chi connectivity index (χ0) is 19.4. The second kappa shape index (κ2) is 12.6. The first-order valence-corrected chi connectivity index (χ1v) is 9.79. The van der Waals surface area contributed by atoms with Crippen LogP contribution in [-0.4, -0.2) is 30.1 Å². The quantitative estimate of drug-likeness (QED) is 0.318. The molecule has 26 heavy (non-hydrogen) atoms. The second-order valence-corrected chi connectivity index (χ2v) is 7.12. The fourth-order valence-electron chi connectivity index (χ4n) is 3.08. The number of hydrogen-bond acceptors (Lipinski definition) is 4. The van der Waals surface area contributed by atoms with Gasteiger partial charge in [0.05, 0.1) is 13.2 Å². The standard InChI is InChI=1S/C22H34O4/c1-4-5-10-17(2)20(23)15-13-18-14-16-21(24)19(18)11-8-6-7-9-12-22(25)26-3/h6,8,13-20,23H,4-5,7,9-12H2,1-3H3/b8-6-,15-13?/t17-,18+,19-,20-/m1/s1. The highest BCUT2D eigenvalue weighted by molar-refractivity contribution is 5.95. The van der Waals surface area contributed by atoms with Gasteiger partial charge in [0, 0.05) is 18.3 Å². The van der Waals surface area contributed by atoms with Crippen molar-refractivity contribution in [2.75, 3.05) is 7.11 Å². The number of esters is 1. The Morgan fingerprint density at radius 1 is 1.35 bits per heavy atom. The van der Waals surface area contributed by atoms with E-state index in [9.17, 15) is 14.7 Å². The molecule has 1 aliphatic carbocycles. The number of aliphatic hydroxyl groups is 1. The van der Waals surface area contributed by atoms with Crippen LogP contribution in [0, 0.1) is 17.8 Å². The van der Waals surface area contributed by atoms with Gasteiger partial charge in [-0.25, -0.2) is 0 Å². The molecule has 0 aliphatic heterocycles. The summed E-state index contributed by atoms with van der Waals surface area (Å²) < 4.78 is 4.61. The van der Waals surface area contributed by atoms with Gasteiger partial charge < -0.3 is 9.84 Å². The Kier molecular flexibility index (Phi) is 10.9. The second-order valence-electron chi connectivity index (χ2n) is 7.12. The molecule has 4 nitrogen and oxygen atoms in total. The van der Waals surface area contributed by atoms with Crippen molar-refractivity contribution in [1.82, 2.24) is 0 Å². The van der Waals surface area contributed by atoms with Gasteiger partial charge in [-0.05, 0) is 37.7 Å². The lowest BCUT2D eigenvalue weighted by atomic mass is 9.89. The fourth-order valence-corrected chi connectivity index (χ4v) is 3.08. The number of aliphatic hydroxyl groups excluding tert-OH is 1. The Balaban J connectivity index is 2.43. The highest BCUT2D eigenvalue weighted by atomic mass is 16.5. The third-order valence-electron chi connectivity index (χ3n) is 4.98. The Morgan fingerprint density at radius 3 is 2.81 bits per heavy atom. The van der Waals surface area contributed by atoms with E-state index in [-0.39, 0.29) is 29.5 Å². The number of ether oxygens (including phenoxy) is 1. The maximum absolute atomic E-state index is 12.1. The molecule has 0 unspecified atom stereocenters. The van der Waals surface area contributed by atoms with Gasteiger partial charge in [-0.3, -0.25) is 9.59 Å². The van der Waals surface area contributed by atoms with E-state index in [4.69, 9.17) is 0 Å². The third-order valence-corrected chi connectivity index (χ3v) is 4.98. The molecule has 1 N–H and O–H groups in total. The molecule has 0 fully saturated rings. The first-order chi connectivity index (χ1) is 12.5. The molecule has 0 heterocycles. The van der Waals surface area contributed by atoms with E-state index in [2.05, 4.69) is 18.6 Å². The molecule has 0 bridgehead atoms. The maximum Gasteiger partial charge on any atom is 0.305 e. The predicted molar refractivity (Wildman–Crippen MR) is 105 cm³/mol. The number of hydrogen-bond donors (Lipinski definition) is 1. The molecule has 0 saturated heterocycles. The van der Waals surface area contributed by atoms with Gasteiger partial charge in [0.2, 0.25) is 0 Å². The van der Waals surface area contributed by atoms with Crippen LogP contribution in [0.25, 0.3) is 0 Å². The van der Waals surface area contributed by atoms with Crippen LogP contribution in [0.4, 0.5) is 0 Å². The van der Waals surface area contributed by atoms with Crippen LogP contribution >= 0.6 is 0 Å². The first kappa shape index (κ1) is 22.4. The van der Waals surface area contributed by atoms with Crippen molar-refractivity contribution in [2.45, 2.75) is 64.9 Å². The summed E-state index contributed by atoms with van der Waals surface area (Å²) in [4.78, 5) is 23.1. The molecule has 0 radical (unpaired) electrons. The van der Waals surface area contributed by atoms with Gasteiger partial charge >= 0.3 is 5.97 Å². The zero-order valence-corrected chi connectivity index (χ0v) is 16.4. The zero-order valence-electron chi connectivity index (χ0n) is 16.4. The van der Waals surface area contributed by atoms with E-state index in [0.29, 0.717) is 12.8 Å². The average molecular weight is 363 g/mol. The van der Waals surface area contributed by atoms with Crippen molar-refractivity contribution in [2.24, 2.45) is 17.8 Å². The van der Waals surface area contributed by atoms with E-state index in [1.165, 1.54) is 7.11 Å². The molecule has 0 aromatic rings. The van der Waals surface area contributed by atoms with Gasteiger partial charge in [-0.15, -0.1) is 0 Å². The number of allylic oxidation sites excluding steroid dienone is 5. The van der Waals surface area contributed by atoms with Crippen LogP contribution < -0.4 is 0 Å². The smallest absolute Gasteiger partial charge is 0.305 e. The van der Waals surface area contributed by atoms with Crippen molar-refractivity contribution in [3.63, 3.8) is 0 Å². The van der Waals surface area contributed by atoms with Crippen LogP contribution in [0.5, 0.6) is 0 Å². The highest BCUT2D eigenvalue weighted by Gasteiger charge is 2.27. The molecule has 1 aliphatic rings. The summed E-state index contributed by atoms with van der Waals surface area (Å²) in [6.07, 6.45) is 16.9. The summed E-state index contributed by atoms with van der Waals surface area (Å²) in [5.74, 6) is 0.162. The Bertz CT molecular complexity index is 518. The number of unbranched alkanes of at least 4 members (excludes halogenated alkanes) is 2. The normalized spacial score (nSPS) is 22.4. The molecule has 0 saturated carbocycles. The van der Waals surface area contributed by atoms with Crippen molar-refractivity contribution in [3.05, 3.63) is 36.5 Å². The van der Waals surface area contributed by atoms with Gasteiger partial charge in [-0.1, -0.05) is 57.1 Å². The fraction of sp³-hybridized carbons (Fsp3) is 0.636. The third kappa shape index (κ3) is 8.13. The maximum atomic E-state index is 12.1. The van der Waals surface area contributed by atoms with E-state index in [0.717, 1.165) is 32.1 Å². The van der Waals surface area contributed by atoms with Crippen molar-refractivity contribution in [3.8, 4) is 0 Å². The molecule has 0 spiro atoms. The van der Waals surface area contributed by atoms with Gasteiger partial charge in [0.15, 0.2) is 5.78 Å². The first-order valence-electron chi connectivity index (χ1n) is 9.79. The van der Waals surface area contributed by atoms with Crippen LogP contribution in [0.2, 0.25) is 0 Å². The molecule has 0 aromatic carbocycles. The minimum atomic E-state index is -0.458. The van der Waals surface area contributed by atoms with Crippen molar-refractivity contribution in [1.29, 1.82) is 0 Å². The Labute approximate surface area is 158 Å². The minimum absolute atomic E-state index is 0.0512. The molecular formula is C22H34O4. The molecular weight excluding hydrogens is 328 g/mol. The van der Waals surface area contributed by atoms with Crippen LogP contribution in [0.3, 0.4) is 0 Å². The van der Waals surface area contributed by atoms with Gasteiger partial charge in [-0.2, -0.15) is 0 Å². The molecule has 1 rings (SSSR count). The summed E-state index contributed by atoms with van der Waals surface area (Å²) in [6, 6.07) is 0. The molecule has 4 atom stereocenters. The van der Waals surface area contributed by atoms with Gasteiger partial charge in [0.25, 0.3) is 0 Å². The number of methoxy groups -OCH3 is 1. The Morgan fingerprint density at radius 2 is 2.12 bits per heavy atom. The van der Waals surface area contributed by atoms with Crippen molar-refractivity contribution >= 4 is 11.8 Å². The summed E-state index contributed by atoms with van der Waals surface area (Å²) in [7, 11) is 1.39. The summed E-state index contributed by atoms with van der Waals surface area (Å²) >= 11 is 0. The number of rotatable bonds is 12. The van der Waals surface area contributed by atoms with Gasteiger partial charge in [0.1, 0.15) is 0 Å². The van der Waals surface area contributed by atoms with Crippen LogP contribution in [-0.2, 0) is 14.3 Å². The van der Waals surface area contributed by atoms with E-state index >= 15 is 0 Å². The lowest BCUT2D eigenvalue weighted by molar-refractivity contribution is -0.140. The SMILES string of the molecule is CCCC[C@@H](C)[C@H](O)C=C[C@H]1C=CC(=O)[C@@H]1C/C=C\CCCC(=O)OC. The summed E-state index contributed by atoms with van der Waals surface area (Å²) in [5, 5.41) is 10.2. The highest BCUT2D eigenvalue weighted by Crippen LogP contribution is 2.28. The van der Waals surface area contributed by atoms with E-state index in [1.54, 1.807) is 6.08 Å². The van der Waals surface area contributed by atoms with E-state index < -0.39 is 6.10 Å². The molecule has 0 amide bonds. The molecule has 0 aromatic heterocycles. The number of carbonyl (C=O) groups is 2. The molecule has 4 heteroatoms. The monoisotopic (exact) mass is 362 g/mol. The lowest BCUT2D eigenvalue weighted by Crippen LogP contribution is -2.17. The number of carbonyl (C=O) groups excluding carboxylic acids is 2. The molecule has 146 valence electrons. The number of ketones is 1. The topological polar surface area (TPSA) is 63.6 Å². The van der Waals surface area contributed by atoms with Crippen LogP contribution in [0.15, 0.2) is 36.5 Å². The van der Waals surface area contributed by atoms with Crippen molar-refractivity contribution < 1.29 is 19.4 Å². The predicted octanol–water partition coefficient (Wildman–Crippen LogP) is 4.39. The lowest BCUT2D eigenvalue weighted by Gasteiger charge is -2.17. The Hall–Kier alpha value is -1.68. The summed E-state index contributed by atoms with van der Waals surface area (Å²) in [5.41, 5.74) is 0. The minimum Gasteiger partial charge on any atom is -0.469 e. The largest absolute Gasteiger partial charge is 0.469 e.